The Morgan fingerprint density at radius 3 is 2.27 bits per heavy atom. The van der Waals surface area contributed by atoms with Gasteiger partial charge in [-0.05, 0) is 54.4 Å². The summed E-state index contributed by atoms with van der Waals surface area (Å²) in [7, 11) is 0. The second-order valence-corrected chi connectivity index (χ2v) is 8.02. The van der Waals surface area contributed by atoms with Gasteiger partial charge in [0.25, 0.3) is 11.7 Å². The maximum absolute atomic E-state index is 13.0. The van der Waals surface area contributed by atoms with Crippen LogP contribution < -0.4 is 4.90 Å². The van der Waals surface area contributed by atoms with Gasteiger partial charge in [0.1, 0.15) is 11.5 Å². The molecule has 1 aliphatic rings. The Morgan fingerprint density at radius 1 is 0.967 bits per heavy atom. The lowest BCUT2D eigenvalue weighted by molar-refractivity contribution is -0.132. The number of ketones is 1. The zero-order valence-corrected chi connectivity index (χ0v) is 17.6. The normalized spacial score (nSPS) is 18.1. The number of nitrogens with zero attached hydrogens (tertiary/aromatic N) is 1. The van der Waals surface area contributed by atoms with Crippen LogP contribution in [0, 0.1) is 6.92 Å². The molecule has 150 valence electrons. The molecule has 30 heavy (non-hydrogen) atoms. The summed E-state index contributed by atoms with van der Waals surface area (Å²) < 4.78 is 0.828. The first-order valence-corrected chi connectivity index (χ1v) is 10.1. The highest BCUT2D eigenvalue weighted by molar-refractivity contribution is 9.10. The number of anilines is 1. The van der Waals surface area contributed by atoms with Gasteiger partial charge in [0.15, 0.2) is 0 Å². The minimum absolute atomic E-state index is 0.00881. The molecule has 5 nitrogen and oxygen atoms in total. The number of phenols is 1. The van der Waals surface area contributed by atoms with Crippen molar-refractivity contribution in [3.05, 3.63) is 99.5 Å². The number of Topliss-reactive ketones (excluding diaryl/α,β-unsaturated/α-hetero) is 1. The summed E-state index contributed by atoms with van der Waals surface area (Å²) in [6, 6.07) is 19.6. The van der Waals surface area contributed by atoms with Crippen molar-refractivity contribution in [1.82, 2.24) is 0 Å². The molecule has 1 saturated heterocycles. The predicted molar refractivity (Wildman–Crippen MR) is 118 cm³/mol. The van der Waals surface area contributed by atoms with E-state index in [9.17, 15) is 19.8 Å². The molecule has 1 heterocycles. The van der Waals surface area contributed by atoms with E-state index in [2.05, 4.69) is 15.9 Å². The number of aromatic hydroxyl groups is 1. The van der Waals surface area contributed by atoms with Crippen LogP contribution >= 0.6 is 15.9 Å². The summed E-state index contributed by atoms with van der Waals surface area (Å²) in [6.45, 7) is 1.90. The van der Waals surface area contributed by atoms with Crippen molar-refractivity contribution in [3.63, 3.8) is 0 Å². The maximum Gasteiger partial charge on any atom is 0.300 e. The number of benzene rings is 3. The Balaban J connectivity index is 1.95. The summed E-state index contributed by atoms with van der Waals surface area (Å²) in [4.78, 5) is 27.5. The van der Waals surface area contributed by atoms with Crippen LogP contribution in [-0.2, 0) is 9.59 Å². The second kappa shape index (κ2) is 7.80. The number of rotatable bonds is 3. The fourth-order valence-corrected chi connectivity index (χ4v) is 3.88. The van der Waals surface area contributed by atoms with Crippen LogP contribution in [0.25, 0.3) is 5.76 Å². The molecule has 4 rings (SSSR count). The summed E-state index contributed by atoms with van der Waals surface area (Å²) in [6.07, 6.45) is 0. The molecule has 1 unspecified atom stereocenters. The second-order valence-electron chi connectivity index (χ2n) is 7.11. The minimum atomic E-state index is -0.823. The Morgan fingerprint density at radius 2 is 1.63 bits per heavy atom. The third kappa shape index (κ3) is 3.50. The zero-order valence-electron chi connectivity index (χ0n) is 16.0. The number of hydrogen-bond donors (Lipinski definition) is 2. The van der Waals surface area contributed by atoms with Crippen LogP contribution in [-0.4, -0.2) is 21.9 Å². The first kappa shape index (κ1) is 19.9. The fraction of sp³-hybridized carbons (Fsp3) is 0.0833. The van der Waals surface area contributed by atoms with Crippen molar-refractivity contribution in [2.75, 3.05) is 4.90 Å². The van der Waals surface area contributed by atoms with Gasteiger partial charge in [-0.25, -0.2) is 0 Å². The van der Waals surface area contributed by atoms with Gasteiger partial charge in [0, 0.05) is 15.7 Å². The third-order valence-corrected chi connectivity index (χ3v) is 5.58. The first-order valence-electron chi connectivity index (χ1n) is 9.29. The van der Waals surface area contributed by atoms with Crippen molar-refractivity contribution in [3.8, 4) is 5.75 Å². The van der Waals surface area contributed by atoms with E-state index in [0.717, 1.165) is 10.0 Å². The topological polar surface area (TPSA) is 77.8 Å². The number of aryl methyl sites for hydroxylation is 1. The van der Waals surface area contributed by atoms with Crippen molar-refractivity contribution in [2.45, 2.75) is 13.0 Å². The lowest BCUT2D eigenvalue weighted by Gasteiger charge is -2.25. The van der Waals surface area contributed by atoms with Crippen molar-refractivity contribution >= 4 is 39.1 Å². The Bertz CT molecular complexity index is 1170. The summed E-state index contributed by atoms with van der Waals surface area (Å²) in [5.41, 5.74) is 2.54. The average molecular weight is 464 g/mol. The maximum atomic E-state index is 13.0. The molecule has 0 spiro atoms. The standard InChI is InChI=1S/C24H18BrNO4/c1-14-3-2-4-18(13-14)26-21(15-7-11-19(27)12-8-15)20(23(29)24(26)30)22(28)16-5-9-17(25)10-6-16/h2-13,21,27-28H,1H3/b22-20+. The van der Waals surface area contributed by atoms with Crippen LogP contribution in [0.5, 0.6) is 5.75 Å². The largest absolute Gasteiger partial charge is 0.508 e. The number of aliphatic hydroxyl groups excluding tert-OH is 1. The van der Waals surface area contributed by atoms with E-state index in [4.69, 9.17) is 0 Å². The number of hydrogen-bond acceptors (Lipinski definition) is 4. The molecule has 1 aliphatic heterocycles. The van der Waals surface area contributed by atoms with Gasteiger partial charge in [-0.15, -0.1) is 0 Å². The Labute approximate surface area is 182 Å². The Hall–Kier alpha value is -3.38. The number of amides is 1. The molecule has 6 heteroatoms. The zero-order chi connectivity index (χ0) is 21.4. The molecule has 3 aromatic rings. The molecule has 0 aromatic heterocycles. The van der Waals surface area contributed by atoms with Gasteiger partial charge in [-0.2, -0.15) is 0 Å². The highest BCUT2D eigenvalue weighted by Gasteiger charge is 2.46. The summed E-state index contributed by atoms with van der Waals surface area (Å²) >= 11 is 3.35. The van der Waals surface area contributed by atoms with Crippen LogP contribution in [0.4, 0.5) is 5.69 Å². The average Bonchev–Trinajstić information content (AvgIpc) is 2.99. The van der Waals surface area contributed by atoms with Crippen LogP contribution in [0.1, 0.15) is 22.7 Å². The quantitative estimate of drug-likeness (QED) is 0.322. The van der Waals surface area contributed by atoms with E-state index in [1.54, 1.807) is 42.5 Å². The van der Waals surface area contributed by atoms with Crippen molar-refractivity contribution < 1.29 is 19.8 Å². The Kier molecular flexibility index (Phi) is 5.18. The molecule has 1 amide bonds. The molecule has 1 fully saturated rings. The van der Waals surface area contributed by atoms with Crippen molar-refractivity contribution in [1.29, 1.82) is 0 Å². The number of phenolic OH excluding ortho intramolecular Hbond substituents is 1. The van der Waals surface area contributed by atoms with Gasteiger partial charge in [0.2, 0.25) is 0 Å². The fourth-order valence-electron chi connectivity index (χ4n) is 3.61. The van der Waals surface area contributed by atoms with E-state index in [-0.39, 0.29) is 17.1 Å². The lowest BCUT2D eigenvalue weighted by atomic mass is 9.95. The molecule has 0 saturated carbocycles. The number of aliphatic hydroxyl groups is 1. The van der Waals surface area contributed by atoms with Crippen LogP contribution in [0.2, 0.25) is 0 Å². The smallest absolute Gasteiger partial charge is 0.300 e. The van der Waals surface area contributed by atoms with Gasteiger partial charge in [-0.3, -0.25) is 14.5 Å². The van der Waals surface area contributed by atoms with E-state index in [1.165, 1.54) is 17.0 Å². The van der Waals surface area contributed by atoms with Crippen LogP contribution in [0.15, 0.2) is 82.8 Å². The van der Waals surface area contributed by atoms with Gasteiger partial charge in [0.05, 0.1) is 11.6 Å². The third-order valence-electron chi connectivity index (χ3n) is 5.05. The van der Waals surface area contributed by atoms with Crippen LogP contribution in [0.3, 0.4) is 0 Å². The van der Waals surface area contributed by atoms with E-state index < -0.39 is 17.7 Å². The lowest BCUT2D eigenvalue weighted by Crippen LogP contribution is -2.29. The molecule has 1 atom stereocenters. The summed E-state index contributed by atoms with van der Waals surface area (Å²) in [5, 5.41) is 20.7. The van der Waals surface area contributed by atoms with Gasteiger partial charge in [-0.1, -0.05) is 52.3 Å². The summed E-state index contributed by atoms with van der Waals surface area (Å²) in [5.74, 6) is -1.64. The molecular weight excluding hydrogens is 446 g/mol. The monoisotopic (exact) mass is 463 g/mol. The number of carbonyl (C=O) groups is 2. The highest BCUT2D eigenvalue weighted by atomic mass is 79.9. The number of carbonyl (C=O) groups excluding carboxylic acids is 2. The minimum Gasteiger partial charge on any atom is -0.508 e. The molecule has 0 aliphatic carbocycles. The number of halogens is 1. The molecule has 0 radical (unpaired) electrons. The molecule has 0 bridgehead atoms. The van der Waals surface area contributed by atoms with E-state index in [0.29, 0.717) is 16.8 Å². The first-order chi connectivity index (χ1) is 14.4. The van der Waals surface area contributed by atoms with E-state index in [1.807, 2.05) is 25.1 Å². The molecule has 2 N–H and O–H groups in total. The SMILES string of the molecule is Cc1cccc(N2C(=O)C(=O)/C(=C(/O)c3ccc(Br)cc3)C2c2ccc(O)cc2)c1. The van der Waals surface area contributed by atoms with Gasteiger partial charge >= 0.3 is 0 Å². The highest BCUT2D eigenvalue weighted by Crippen LogP contribution is 2.42. The van der Waals surface area contributed by atoms with Crippen molar-refractivity contribution in [2.24, 2.45) is 0 Å². The predicted octanol–water partition coefficient (Wildman–Crippen LogP) is 5.09. The van der Waals surface area contributed by atoms with Gasteiger partial charge < -0.3 is 10.2 Å². The van der Waals surface area contributed by atoms with E-state index >= 15 is 0 Å². The molecular formula is C24H18BrNO4. The molecule has 3 aromatic carbocycles.